The Balaban J connectivity index is 0.00000341. The fraction of sp³-hybridized carbons (Fsp3) is 0.440. The molecule has 4 nitrogen and oxygen atoms in total. The second-order valence-corrected chi connectivity index (χ2v) is 9.62. The molecule has 0 bridgehead atoms. The zero-order chi connectivity index (χ0) is 22.0. The third-order valence-electron chi connectivity index (χ3n) is 5.76. The first-order chi connectivity index (χ1) is 14.2. The largest absolute Gasteiger partial charge is 0.309 e. The second-order valence-electron chi connectivity index (χ2n) is 8.61. The van der Waals surface area contributed by atoms with Crippen LogP contribution in [0, 0.1) is 34.6 Å². The van der Waals surface area contributed by atoms with Gasteiger partial charge in [0.2, 0.25) is 5.91 Å². The van der Waals surface area contributed by atoms with E-state index in [-0.39, 0.29) is 18.3 Å². The Hall–Kier alpha value is -1.95. The molecule has 0 saturated carbocycles. The average Bonchev–Trinajstić information content (AvgIpc) is 3.09. The summed E-state index contributed by atoms with van der Waals surface area (Å²) in [5, 5.41) is 0.810. The van der Waals surface area contributed by atoms with E-state index in [1.807, 2.05) is 4.90 Å². The number of hydrogen-bond donors (Lipinski definition) is 0. The molecule has 168 valence electrons. The number of halogens is 1. The third-order valence-corrected chi connectivity index (χ3v) is 6.80. The summed E-state index contributed by atoms with van der Waals surface area (Å²) >= 11 is 1.62. The first-order valence-corrected chi connectivity index (χ1v) is 11.4. The molecule has 3 aromatic rings. The smallest absolute Gasteiger partial charge is 0.233 e. The van der Waals surface area contributed by atoms with Gasteiger partial charge in [-0.2, -0.15) is 0 Å². The van der Waals surface area contributed by atoms with E-state index >= 15 is 0 Å². The zero-order valence-corrected chi connectivity index (χ0v) is 21.3. The number of amides is 1. The van der Waals surface area contributed by atoms with E-state index in [0.29, 0.717) is 13.0 Å². The molecular formula is C25H34ClN3OS. The predicted molar refractivity (Wildman–Crippen MR) is 136 cm³/mol. The van der Waals surface area contributed by atoms with Crippen molar-refractivity contribution in [3.05, 3.63) is 57.6 Å². The first-order valence-electron chi connectivity index (χ1n) is 10.6. The predicted octanol–water partition coefficient (Wildman–Crippen LogP) is 5.79. The summed E-state index contributed by atoms with van der Waals surface area (Å²) in [6.07, 6.45) is 1.33. The molecule has 1 heterocycles. The van der Waals surface area contributed by atoms with Gasteiger partial charge < -0.3 is 4.90 Å². The Morgan fingerprint density at radius 3 is 2.23 bits per heavy atom. The van der Waals surface area contributed by atoms with Crippen molar-refractivity contribution < 1.29 is 4.79 Å². The summed E-state index contributed by atoms with van der Waals surface area (Å²) in [5.41, 5.74) is 8.19. The van der Waals surface area contributed by atoms with E-state index in [9.17, 15) is 4.79 Å². The number of benzene rings is 2. The highest BCUT2D eigenvalue weighted by molar-refractivity contribution is 7.22. The molecule has 0 unspecified atom stereocenters. The van der Waals surface area contributed by atoms with Crippen molar-refractivity contribution in [2.45, 2.75) is 47.5 Å². The molecule has 0 N–H and O–H groups in total. The fourth-order valence-electron chi connectivity index (χ4n) is 3.94. The maximum absolute atomic E-state index is 13.5. The summed E-state index contributed by atoms with van der Waals surface area (Å²) in [7, 11) is 4.13. The minimum Gasteiger partial charge on any atom is -0.309 e. The van der Waals surface area contributed by atoms with Crippen LogP contribution in [0.2, 0.25) is 0 Å². The number of anilines is 1. The van der Waals surface area contributed by atoms with E-state index in [2.05, 4.69) is 77.9 Å². The third kappa shape index (κ3) is 5.85. The summed E-state index contributed by atoms with van der Waals surface area (Å²) in [4.78, 5) is 22.4. The van der Waals surface area contributed by atoms with Crippen molar-refractivity contribution >= 4 is 45.0 Å². The topological polar surface area (TPSA) is 36.4 Å². The SMILES string of the molecule is Cc1cc(C)c(CC(=O)N(CCCN(C)C)c2nc3c(C)c(C)ccc3s2)c(C)c1.Cl. The van der Waals surface area contributed by atoms with E-state index < -0.39 is 0 Å². The molecule has 0 atom stereocenters. The highest BCUT2D eigenvalue weighted by Gasteiger charge is 2.22. The number of carbonyl (C=O) groups is 1. The monoisotopic (exact) mass is 459 g/mol. The average molecular weight is 460 g/mol. The van der Waals surface area contributed by atoms with Gasteiger partial charge in [0.1, 0.15) is 0 Å². The van der Waals surface area contributed by atoms with Crippen LogP contribution in [0.3, 0.4) is 0 Å². The standard InChI is InChI=1S/C25H33N3OS.ClH/c1-16-13-18(3)21(19(4)14-16)15-23(29)28(12-8-11-27(6)7)25-26-24-20(5)17(2)9-10-22(24)30-25;/h9-10,13-14H,8,11-12,15H2,1-7H3;1H. The summed E-state index contributed by atoms with van der Waals surface area (Å²) in [6.45, 7) is 12.1. The number of nitrogens with zero attached hydrogens (tertiary/aromatic N) is 3. The van der Waals surface area contributed by atoms with Gasteiger partial charge in [0, 0.05) is 6.54 Å². The van der Waals surface area contributed by atoms with Crippen LogP contribution in [0.4, 0.5) is 5.13 Å². The zero-order valence-electron chi connectivity index (χ0n) is 19.7. The molecule has 0 spiro atoms. The van der Waals surface area contributed by atoms with E-state index in [1.165, 1.54) is 27.8 Å². The molecule has 0 saturated heterocycles. The number of carbonyl (C=O) groups excluding carboxylic acids is 1. The van der Waals surface area contributed by atoms with Crippen LogP contribution in [0.1, 0.15) is 39.8 Å². The Bertz CT molecular complexity index is 1050. The Morgan fingerprint density at radius 1 is 0.968 bits per heavy atom. The molecule has 1 amide bonds. The lowest BCUT2D eigenvalue weighted by Gasteiger charge is -2.22. The number of aryl methyl sites for hydroxylation is 5. The van der Waals surface area contributed by atoms with E-state index in [1.54, 1.807) is 11.3 Å². The van der Waals surface area contributed by atoms with Crippen molar-refractivity contribution in [3.8, 4) is 0 Å². The van der Waals surface area contributed by atoms with Crippen LogP contribution in [-0.2, 0) is 11.2 Å². The number of thiazole rings is 1. The van der Waals surface area contributed by atoms with Gasteiger partial charge in [-0.1, -0.05) is 35.1 Å². The maximum Gasteiger partial charge on any atom is 0.233 e. The van der Waals surface area contributed by atoms with Gasteiger partial charge in [0.15, 0.2) is 5.13 Å². The first kappa shape index (κ1) is 25.3. The van der Waals surface area contributed by atoms with Gasteiger partial charge in [0.25, 0.3) is 0 Å². The van der Waals surface area contributed by atoms with Crippen LogP contribution < -0.4 is 4.90 Å². The highest BCUT2D eigenvalue weighted by Crippen LogP contribution is 2.32. The number of hydrogen-bond acceptors (Lipinski definition) is 4. The molecule has 2 aromatic carbocycles. The quantitative estimate of drug-likeness (QED) is 0.448. The minimum atomic E-state index is 0. The Kier molecular flexibility index (Phi) is 8.64. The number of rotatable bonds is 7. The van der Waals surface area contributed by atoms with Crippen LogP contribution in [0.15, 0.2) is 24.3 Å². The molecule has 3 rings (SSSR count). The molecule has 0 radical (unpaired) electrons. The highest BCUT2D eigenvalue weighted by atomic mass is 35.5. The number of aromatic nitrogens is 1. The molecule has 1 aromatic heterocycles. The van der Waals surface area contributed by atoms with Crippen molar-refractivity contribution in [1.82, 2.24) is 9.88 Å². The molecule has 0 aliphatic rings. The summed E-state index contributed by atoms with van der Waals surface area (Å²) < 4.78 is 1.14. The molecular weight excluding hydrogens is 426 g/mol. The fourth-order valence-corrected chi connectivity index (χ4v) is 5.01. The van der Waals surface area contributed by atoms with Crippen molar-refractivity contribution in [2.24, 2.45) is 0 Å². The molecule has 0 fully saturated rings. The van der Waals surface area contributed by atoms with Crippen molar-refractivity contribution in [1.29, 1.82) is 0 Å². The minimum absolute atomic E-state index is 0. The van der Waals surface area contributed by atoms with Crippen LogP contribution in [0.5, 0.6) is 0 Å². The Labute approximate surface area is 196 Å². The van der Waals surface area contributed by atoms with Gasteiger partial charge in [-0.25, -0.2) is 4.98 Å². The molecule has 31 heavy (non-hydrogen) atoms. The lowest BCUT2D eigenvalue weighted by atomic mass is 9.97. The lowest BCUT2D eigenvalue weighted by Crippen LogP contribution is -2.34. The van der Waals surface area contributed by atoms with Gasteiger partial charge >= 0.3 is 0 Å². The molecule has 0 aliphatic heterocycles. The van der Waals surface area contributed by atoms with Gasteiger partial charge in [0.05, 0.1) is 16.6 Å². The van der Waals surface area contributed by atoms with Crippen LogP contribution in [0.25, 0.3) is 10.2 Å². The molecule has 0 aliphatic carbocycles. The van der Waals surface area contributed by atoms with Crippen molar-refractivity contribution in [2.75, 3.05) is 32.1 Å². The van der Waals surface area contributed by atoms with E-state index in [4.69, 9.17) is 4.98 Å². The van der Waals surface area contributed by atoms with Gasteiger partial charge in [-0.3, -0.25) is 9.69 Å². The molecule has 6 heteroatoms. The van der Waals surface area contributed by atoms with E-state index in [0.717, 1.165) is 33.9 Å². The van der Waals surface area contributed by atoms with Gasteiger partial charge in [-0.05, 0) is 95.6 Å². The van der Waals surface area contributed by atoms with Crippen molar-refractivity contribution in [3.63, 3.8) is 0 Å². The van der Waals surface area contributed by atoms with Crippen LogP contribution in [-0.4, -0.2) is 43.0 Å². The number of fused-ring (bicyclic) bond motifs is 1. The summed E-state index contributed by atoms with van der Waals surface area (Å²) in [5.74, 6) is 0.122. The second kappa shape index (κ2) is 10.6. The Morgan fingerprint density at radius 2 is 1.61 bits per heavy atom. The lowest BCUT2D eigenvalue weighted by molar-refractivity contribution is -0.118. The summed E-state index contributed by atoms with van der Waals surface area (Å²) in [6, 6.07) is 8.58. The maximum atomic E-state index is 13.5. The van der Waals surface area contributed by atoms with Crippen LogP contribution >= 0.6 is 23.7 Å². The van der Waals surface area contributed by atoms with Gasteiger partial charge in [-0.15, -0.1) is 12.4 Å². The normalized spacial score (nSPS) is 11.1.